The van der Waals surface area contributed by atoms with Crippen LogP contribution in [0.3, 0.4) is 0 Å². The van der Waals surface area contributed by atoms with E-state index in [0.29, 0.717) is 49.1 Å². The summed E-state index contributed by atoms with van der Waals surface area (Å²) in [4.78, 5) is 4.79. The van der Waals surface area contributed by atoms with Crippen LogP contribution >= 0.6 is 0 Å². The number of pyridine rings is 1. The van der Waals surface area contributed by atoms with Crippen molar-refractivity contribution in [2.45, 2.75) is 42.0 Å². The van der Waals surface area contributed by atoms with Gasteiger partial charge in [-0.2, -0.15) is 5.10 Å². The van der Waals surface area contributed by atoms with Gasteiger partial charge >= 0.3 is 0 Å². The molecule has 2 aliphatic rings. The SMILES string of the molecule is Cn1cc(-c2cn(S(=O)(=O)c3ccccc3)c3ncc(C4CCC5(CC4O)OCCO5)cc23)cn1. The molecule has 35 heavy (non-hydrogen) atoms. The van der Waals surface area contributed by atoms with Crippen LogP contribution in [0.4, 0.5) is 0 Å². The number of nitrogens with zero attached hydrogens (tertiary/aromatic N) is 4. The molecule has 0 radical (unpaired) electrons. The van der Waals surface area contributed by atoms with Crippen molar-refractivity contribution in [3.8, 4) is 11.1 Å². The predicted octanol–water partition coefficient (Wildman–Crippen LogP) is 3.05. The molecule has 1 aliphatic heterocycles. The number of hydrogen-bond acceptors (Lipinski definition) is 7. The van der Waals surface area contributed by atoms with Gasteiger partial charge in [0.1, 0.15) is 0 Å². The Morgan fingerprint density at radius 3 is 2.57 bits per heavy atom. The average molecular weight is 495 g/mol. The fraction of sp³-hybridized carbons (Fsp3) is 0.360. The Labute approximate surface area is 203 Å². The van der Waals surface area contributed by atoms with Crippen molar-refractivity contribution < 1.29 is 23.0 Å². The van der Waals surface area contributed by atoms with Gasteiger partial charge in [-0.25, -0.2) is 17.4 Å². The lowest BCUT2D eigenvalue weighted by atomic mass is 9.79. The van der Waals surface area contributed by atoms with E-state index in [4.69, 9.17) is 9.47 Å². The summed E-state index contributed by atoms with van der Waals surface area (Å²) in [6.45, 7) is 1.09. The minimum atomic E-state index is -3.87. The van der Waals surface area contributed by atoms with Crippen molar-refractivity contribution in [1.82, 2.24) is 18.7 Å². The molecule has 2 atom stereocenters. The van der Waals surface area contributed by atoms with Gasteiger partial charge in [0, 0.05) is 60.9 Å². The van der Waals surface area contributed by atoms with Crippen LogP contribution in [-0.2, 0) is 26.5 Å². The zero-order valence-corrected chi connectivity index (χ0v) is 20.1. The summed E-state index contributed by atoms with van der Waals surface area (Å²) in [6.07, 6.45) is 7.93. The van der Waals surface area contributed by atoms with Crippen molar-refractivity contribution in [1.29, 1.82) is 0 Å². The lowest BCUT2D eigenvalue weighted by Crippen LogP contribution is -2.42. The van der Waals surface area contributed by atoms with Gasteiger partial charge in [-0.05, 0) is 30.2 Å². The molecule has 9 nitrogen and oxygen atoms in total. The summed E-state index contributed by atoms with van der Waals surface area (Å²) in [5, 5.41) is 15.9. The molecule has 3 aromatic heterocycles. The standard InChI is InChI=1S/C25H26N4O5S/c1-28-15-18(14-27-28)22-16-29(35(31,32)19-5-3-2-4-6-19)24-21(22)11-17(13-26-24)20-7-8-25(12-23(20)30)33-9-10-34-25/h2-6,11,13-16,20,23,30H,7-10,12H2,1H3. The second-order valence-corrected chi connectivity index (χ2v) is 11.0. The van der Waals surface area contributed by atoms with E-state index < -0.39 is 21.9 Å². The lowest BCUT2D eigenvalue weighted by Gasteiger charge is -2.38. The maximum atomic E-state index is 13.5. The molecule has 0 amide bonds. The number of aryl methyl sites for hydroxylation is 1. The Morgan fingerprint density at radius 2 is 1.89 bits per heavy atom. The van der Waals surface area contributed by atoms with Gasteiger partial charge in [-0.15, -0.1) is 0 Å². The van der Waals surface area contributed by atoms with Crippen LogP contribution < -0.4 is 0 Å². The van der Waals surface area contributed by atoms with Crippen molar-refractivity contribution >= 4 is 21.1 Å². The quantitative estimate of drug-likeness (QED) is 0.465. The fourth-order valence-corrected chi connectivity index (χ4v) is 6.60. The van der Waals surface area contributed by atoms with Crippen molar-refractivity contribution in [2.24, 2.45) is 7.05 Å². The molecule has 1 spiro atoms. The number of fused-ring (bicyclic) bond motifs is 1. The van der Waals surface area contributed by atoms with Gasteiger partial charge in [0.2, 0.25) is 0 Å². The molecule has 1 saturated heterocycles. The van der Waals surface area contributed by atoms with E-state index in [0.717, 1.165) is 11.1 Å². The van der Waals surface area contributed by atoms with Crippen LogP contribution in [-0.4, -0.2) is 57.4 Å². The number of hydrogen-bond donors (Lipinski definition) is 1. The van der Waals surface area contributed by atoms with E-state index >= 15 is 0 Å². The Kier molecular flexibility index (Phi) is 5.29. The van der Waals surface area contributed by atoms with Gasteiger partial charge in [0.25, 0.3) is 10.0 Å². The molecule has 1 aliphatic carbocycles. The molecule has 1 aromatic carbocycles. The van der Waals surface area contributed by atoms with E-state index in [1.165, 1.54) is 3.97 Å². The van der Waals surface area contributed by atoms with Gasteiger partial charge in [-0.1, -0.05) is 18.2 Å². The number of aliphatic hydroxyl groups excluding tert-OH is 1. The number of benzene rings is 1. The number of aliphatic hydroxyl groups is 1. The van der Waals surface area contributed by atoms with Crippen LogP contribution in [0.25, 0.3) is 22.2 Å². The maximum Gasteiger partial charge on any atom is 0.269 e. The Morgan fingerprint density at radius 1 is 1.11 bits per heavy atom. The second kappa shape index (κ2) is 8.27. The molecule has 2 unspecified atom stereocenters. The molecule has 0 bridgehead atoms. The monoisotopic (exact) mass is 494 g/mol. The summed E-state index contributed by atoms with van der Waals surface area (Å²) in [6, 6.07) is 10.3. The number of ether oxygens (including phenoxy) is 2. The molecule has 1 saturated carbocycles. The molecule has 1 N–H and O–H groups in total. The van der Waals surface area contributed by atoms with Crippen molar-refractivity contribution in [2.75, 3.05) is 13.2 Å². The Bertz CT molecular complexity index is 1490. The van der Waals surface area contributed by atoms with E-state index in [1.807, 2.05) is 19.3 Å². The summed E-state index contributed by atoms with van der Waals surface area (Å²) >= 11 is 0. The fourth-order valence-electron chi connectivity index (χ4n) is 5.26. The van der Waals surface area contributed by atoms with Crippen molar-refractivity contribution in [3.63, 3.8) is 0 Å². The zero-order valence-electron chi connectivity index (χ0n) is 19.2. The van der Waals surface area contributed by atoms with Gasteiger partial charge in [0.05, 0.1) is 30.4 Å². The number of rotatable bonds is 4. The highest BCUT2D eigenvalue weighted by Crippen LogP contribution is 2.43. The largest absolute Gasteiger partial charge is 0.392 e. The molecule has 4 aromatic rings. The first kappa shape index (κ1) is 22.4. The lowest BCUT2D eigenvalue weighted by molar-refractivity contribution is -0.199. The highest BCUT2D eigenvalue weighted by atomic mass is 32.2. The van der Waals surface area contributed by atoms with Gasteiger partial charge < -0.3 is 14.6 Å². The maximum absolute atomic E-state index is 13.5. The summed E-state index contributed by atoms with van der Waals surface area (Å²) in [7, 11) is -2.05. The first-order valence-corrected chi connectivity index (χ1v) is 13.1. The number of aromatic nitrogens is 4. The van der Waals surface area contributed by atoms with Crippen LogP contribution in [0.5, 0.6) is 0 Å². The van der Waals surface area contributed by atoms with E-state index in [2.05, 4.69) is 10.1 Å². The molecule has 2 fully saturated rings. The average Bonchev–Trinajstić information content (AvgIpc) is 3.58. The molecule has 182 valence electrons. The third kappa shape index (κ3) is 3.77. The zero-order chi connectivity index (χ0) is 24.2. The molecular formula is C25H26N4O5S. The first-order chi connectivity index (χ1) is 16.9. The third-order valence-electron chi connectivity index (χ3n) is 7.01. The normalized spacial score (nSPS) is 22.2. The Hall–Kier alpha value is -3.05. The summed E-state index contributed by atoms with van der Waals surface area (Å²) in [5.41, 5.74) is 2.69. The smallest absolute Gasteiger partial charge is 0.269 e. The highest BCUT2D eigenvalue weighted by Gasteiger charge is 2.45. The third-order valence-corrected chi connectivity index (χ3v) is 8.68. The van der Waals surface area contributed by atoms with Crippen LogP contribution in [0.15, 0.2) is 66.1 Å². The highest BCUT2D eigenvalue weighted by molar-refractivity contribution is 7.90. The van der Waals surface area contributed by atoms with Crippen LogP contribution in [0.1, 0.15) is 30.7 Å². The second-order valence-electron chi connectivity index (χ2n) is 9.22. The van der Waals surface area contributed by atoms with E-state index in [1.54, 1.807) is 53.6 Å². The molecule has 10 heteroatoms. The minimum Gasteiger partial charge on any atom is -0.392 e. The predicted molar refractivity (Wildman–Crippen MR) is 128 cm³/mol. The summed E-state index contributed by atoms with van der Waals surface area (Å²) < 4.78 is 41.5. The van der Waals surface area contributed by atoms with Gasteiger partial charge in [-0.3, -0.25) is 4.68 Å². The molecule has 6 rings (SSSR count). The van der Waals surface area contributed by atoms with E-state index in [9.17, 15) is 13.5 Å². The van der Waals surface area contributed by atoms with Crippen molar-refractivity contribution in [3.05, 3.63) is 66.7 Å². The van der Waals surface area contributed by atoms with Gasteiger partial charge in [0.15, 0.2) is 11.4 Å². The topological polar surface area (TPSA) is 108 Å². The van der Waals surface area contributed by atoms with Crippen LogP contribution in [0.2, 0.25) is 0 Å². The van der Waals surface area contributed by atoms with E-state index in [-0.39, 0.29) is 10.8 Å². The minimum absolute atomic E-state index is 0.152. The molecule has 4 heterocycles. The molecular weight excluding hydrogens is 468 g/mol. The summed E-state index contributed by atoms with van der Waals surface area (Å²) in [5.74, 6) is -0.845. The van der Waals surface area contributed by atoms with Crippen LogP contribution in [0, 0.1) is 0 Å². The first-order valence-electron chi connectivity index (χ1n) is 11.6. The Balaban J connectivity index is 1.46.